The van der Waals surface area contributed by atoms with Gasteiger partial charge >= 0.3 is 5.97 Å². The van der Waals surface area contributed by atoms with Gasteiger partial charge in [-0.15, -0.1) is 0 Å². The van der Waals surface area contributed by atoms with Crippen molar-refractivity contribution in [3.63, 3.8) is 0 Å². The van der Waals surface area contributed by atoms with Gasteiger partial charge in [0.05, 0.1) is 6.04 Å². The molecule has 0 radical (unpaired) electrons. The molecule has 1 aliphatic rings. The van der Waals surface area contributed by atoms with E-state index in [4.69, 9.17) is 11.5 Å². The minimum atomic E-state index is -1.21. The number of hydrogen-bond donors (Lipinski definition) is 6. The first kappa shape index (κ1) is 29.1. The molecule has 1 saturated heterocycles. The van der Waals surface area contributed by atoms with Crippen molar-refractivity contribution in [2.75, 3.05) is 13.1 Å². The number of phenols is 1. The molecule has 4 unspecified atom stereocenters. The van der Waals surface area contributed by atoms with Gasteiger partial charge in [-0.1, -0.05) is 32.4 Å². The highest BCUT2D eigenvalue weighted by molar-refractivity contribution is 5.94. The maximum atomic E-state index is 13.4. The van der Waals surface area contributed by atoms with E-state index < -0.39 is 47.9 Å². The molecule has 1 aromatic carbocycles. The fraction of sp³-hybridized carbons (Fsp3) is 0.600. The fourth-order valence-corrected chi connectivity index (χ4v) is 4.23. The van der Waals surface area contributed by atoms with Crippen LogP contribution in [0.1, 0.15) is 51.5 Å². The number of rotatable bonds is 13. The highest BCUT2D eigenvalue weighted by Crippen LogP contribution is 2.21. The zero-order valence-electron chi connectivity index (χ0n) is 21.0. The van der Waals surface area contributed by atoms with Crippen molar-refractivity contribution in [3.8, 4) is 5.75 Å². The molecule has 11 heteroatoms. The number of benzene rings is 1. The van der Waals surface area contributed by atoms with E-state index in [-0.39, 0.29) is 18.1 Å². The van der Waals surface area contributed by atoms with Crippen LogP contribution in [-0.4, -0.2) is 76.1 Å². The van der Waals surface area contributed by atoms with Crippen molar-refractivity contribution in [2.45, 2.75) is 76.5 Å². The summed E-state index contributed by atoms with van der Waals surface area (Å²) in [5.74, 6) is -2.78. The van der Waals surface area contributed by atoms with Crippen LogP contribution in [0.3, 0.4) is 0 Å². The SMILES string of the molecule is CC(C)C(NC(=O)C(N)CCCCN)C(=O)N1CCCC1C(=O)NC(Cc1ccc(O)cc1)C(=O)O. The molecule has 0 saturated carbocycles. The minimum absolute atomic E-state index is 0.0226. The van der Waals surface area contributed by atoms with Gasteiger partial charge in [-0.2, -0.15) is 0 Å². The van der Waals surface area contributed by atoms with Crippen LogP contribution in [0, 0.1) is 5.92 Å². The number of aromatic hydroxyl groups is 1. The minimum Gasteiger partial charge on any atom is -0.508 e. The number of carbonyl (C=O) groups excluding carboxylic acids is 3. The van der Waals surface area contributed by atoms with Crippen LogP contribution < -0.4 is 22.1 Å². The second kappa shape index (κ2) is 13.8. The summed E-state index contributed by atoms with van der Waals surface area (Å²) in [6.07, 6.45) is 2.90. The lowest BCUT2D eigenvalue weighted by Gasteiger charge is -2.31. The molecule has 8 N–H and O–H groups in total. The third-order valence-electron chi connectivity index (χ3n) is 6.37. The summed E-state index contributed by atoms with van der Waals surface area (Å²) in [6.45, 7) is 4.43. The van der Waals surface area contributed by atoms with E-state index in [1.54, 1.807) is 26.0 Å². The summed E-state index contributed by atoms with van der Waals surface area (Å²) in [5, 5.41) is 24.4. The molecule has 0 aromatic heterocycles. The molecule has 0 bridgehead atoms. The molecule has 36 heavy (non-hydrogen) atoms. The van der Waals surface area contributed by atoms with Gasteiger partial charge in [-0.3, -0.25) is 14.4 Å². The highest BCUT2D eigenvalue weighted by atomic mass is 16.4. The van der Waals surface area contributed by atoms with Crippen molar-refractivity contribution < 1.29 is 29.4 Å². The van der Waals surface area contributed by atoms with E-state index in [0.29, 0.717) is 44.3 Å². The second-order valence-corrected chi connectivity index (χ2v) is 9.58. The van der Waals surface area contributed by atoms with Crippen LogP contribution in [0.2, 0.25) is 0 Å². The Morgan fingerprint density at radius 2 is 1.78 bits per heavy atom. The average Bonchev–Trinajstić information content (AvgIpc) is 3.32. The molecule has 3 amide bonds. The number of likely N-dealkylation sites (tertiary alicyclic amines) is 1. The number of phenolic OH excluding ortho intramolecular Hbond substituents is 1. The van der Waals surface area contributed by atoms with Crippen molar-refractivity contribution in [2.24, 2.45) is 17.4 Å². The van der Waals surface area contributed by atoms with Crippen LogP contribution >= 0.6 is 0 Å². The van der Waals surface area contributed by atoms with Crippen LogP contribution in [0.25, 0.3) is 0 Å². The number of nitrogens with one attached hydrogen (secondary N) is 2. The predicted octanol–water partition coefficient (Wildman–Crippen LogP) is 0.0922. The zero-order valence-corrected chi connectivity index (χ0v) is 21.0. The Bertz CT molecular complexity index is 907. The van der Waals surface area contributed by atoms with Crippen LogP contribution in [-0.2, 0) is 25.6 Å². The number of carboxylic acids is 1. The Hall–Kier alpha value is -3.18. The highest BCUT2D eigenvalue weighted by Gasteiger charge is 2.40. The molecule has 4 atom stereocenters. The van der Waals surface area contributed by atoms with E-state index >= 15 is 0 Å². The van der Waals surface area contributed by atoms with Crippen molar-refractivity contribution in [3.05, 3.63) is 29.8 Å². The largest absolute Gasteiger partial charge is 0.508 e. The Kier molecular flexibility index (Phi) is 11.1. The molecule has 2 rings (SSSR count). The molecule has 1 heterocycles. The molecular formula is C25H39N5O6. The van der Waals surface area contributed by atoms with Crippen LogP contribution in [0.5, 0.6) is 5.75 Å². The lowest BCUT2D eigenvalue weighted by Crippen LogP contribution is -2.58. The third-order valence-corrected chi connectivity index (χ3v) is 6.37. The Morgan fingerprint density at radius 1 is 1.11 bits per heavy atom. The second-order valence-electron chi connectivity index (χ2n) is 9.58. The van der Waals surface area contributed by atoms with Gasteiger partial charge in [0, 0.05) is 13.0 Å². The molecule has 200 valence electrons. The Morgan fingerprint density at radius 3 is 2.36 bits per heavy atom. The Labute approximate surface area is 211 Å². The molecule has 1 aliphatic heterocycles. The number of amides is 3. The number of unbranched alkanes of at least 4 members (excludes halogenated alkanes) is 1. The smallest absolute Gasteiger partial charge is 0.326 e. The van der Waals surface area contributed by atoms with E-state index in [9.17, 15) is 29.4 Å². The summed E-state index contributed by atoms with van der Waals surface area (Å²) in [6, 6.07) is 2.38. The lowest BCUT2D eigenvalue weighted by atomic mass is 10.0. The van der Waals surface area contributed by atoms with Gasteiger partial charge in [0.25, 0.3) is 0 Å². The molecule has 1 aromatic rings. The van der Waals surface area contributed by atoms with E-state index in [1.165, 1.54) is 17.0 Å². The van der Waals surface area contributed by atoms with Crippen molar-refractivity contribution >= 4 is 23.7 Å². The normalized spacial score (nSPS) is 17.9. The average molecular weight is 506 g/mol. The third kappa shape index (κ3) is 8.20. The summed E-state index contributed by atoms with van der Waals surface area (Å²) < 4.78 is 0. The molecule has 1 fully saturated rings. The molecule has 0 aliphatic carbocycles. The number of carboxylic acid groups (broad SMARTS) is 1. The maximum Gasteiger partial charge on any atom is 0.326 e. The van der Waals surface area contributed by atoms with Crippen LogP contribution in [0.15, 0.2) is 24.3 Å². The number of carbonyl (C=O) groups is 4. The van der Waals surface area contributed by atoms with Gasteiger partial charge in [-0.05, 0) is 55.8 Å². The lowest BCUT2D eigenvalue weighted by molar-refractivity contribution is -0.145. The van der Waals surface area contributed by atoms with Gasteiger partial charge in [0.1, 0.15) is 23.9 Å². The number of nitrogens with zero attached hydrogens (tertiary/aromatic N) is 1. The van der Waals surface area contributed by atoms with E-state index in [0.717, 1.165) is 6.42 Å². The summed E-state index contributed by atoms with van der Waals surface area (Å²) >= 11 is 0. The van der Waals surface area contributed by atoms with Crippen molar-refractivity contribution in [1.82, 2.24) is 15.5 Å². The first-order valence-electron chi connectivity index (χ1n) is 12.4. The molecule has 11 nitrogen and oxygen atoms in total. The zero-order chi connectivity index (χ0) is 26.8. The van der Waals surface area contributed by atoms with Gasteiger partial charge in [-0.25, -0.2) is 4.79 Å². The van der Waals surface area contributed by atoms with Crippen molar-refractivity contribution in [1.29, 1.82) is 0 Å². The number of nitrogens with two attached hydrogens (primary N) is 2. The molecular weight excluding hydrogens is 466 g/mol. The number of hydrogen-bond acceptors (Lipinski definition) is 7. The van der Waals surface area contributed by atoms with Gasteiger partial charge < -0.3 is 37.2 Å². The van der Waals surface area contributed by atoms with E-state index in [2.05, 4.69) is 10.6 Å². The summed E-state index contributed by atoms with van der Waals surface area (Å²) in [5.41, 5.74) is 12.1. The predicted molar refractivity (Wildman–Crippen MR) is 134 cm³/mol. The fourth-order valence-electron chi connectivity index (χ4n) is 4.23. The monoisotopic (exact) mass is 505 g/mol. The molecule has 0 spiro atoms. The van der Waals surface area contributed by atoms with Crippen LogP contribution in [0.4, 0.5) is 0 Å². The first-order valence-corrected chi connectivity index (χ1v) is 12.4. The summed E-state index contributed by atoms with van der Waals surface area (Å²) in [4.78, 5) is 52.3. The first-order chi connectivity index (χ1) is 17.0. The summed E-state index contributed by atoms with van der Waals surface area (Å²) in [7, 11) is 0. The maximum absolute atomic E-state index is 13.4. The van der Waals surface area contributed by atoms with E-state index in [1.807, 2.05) is 0 Å². The quantitative estimate of drug-likeness (QED) is 0.203. The number of aliphatic carboxylic acids is 1. The standard InChI is InChI=1S/C25H39N5O6/c1-15(2)21(29-22(32)18(27)6-3-4-12-26)24(34)30-13-5-7-20(30)23(33)28-19(25(35)36)14-16-8-10-17(31)11-9-16/h8-11,15,18-21,31H,3-7,12-14,26-27H2,1-2H3,(H,28,33)(H,29,32)(H,35,36). The van der Waals surface area contributed by atoms with Gasteiger partial charge in [0.15, 0.2) is 0 Å². The topological polar surface area (TPSA) is 188 Å². The van der Waals surface area contributed by atoms with Gasteiger partial charge in [0.2, 0.25) is 17.7 Å². The Balaban J connectivity index is 2.07.